The SMILES string of the molecule is O=C(O)COC1CCN(C(=O)Nc2cnns2)CC1. The number of hydrogen-bond acceptors (Lipinski definition) is 6. The Morgan fingerprint density at radius 2 is 2.26 bits per heavy atom. The quantitative estimate of drug-likeness (QED) is 0.841. The van der Waals surface area contributed by atoms with Crippen molar-refractivity contribution >= 4 is 28.5 Å². The molecule has 9 heteroatoms. The highest BCUT2D eigenvalue weighted by Gasteiger charge is 2.24. The molecule has 0 spiro atoms. The predicted octanol–water partition coefficient (Wildman–Crippen LogP) is 0.636. The van der Waals surface area contributed by atoms with Gasteiger partial charge in [-0.1, -0.05) is 4.49 Å². The molecule has 0 unspecified atom stereocenters. The number of aromatic nitrogens is 2. The zero-order valence-corrected chi connectivity index (χ0v) is 10.9. The van der Waals surface area contributed by atoms with E-state index in [4.69, 9.17) is 9.84 Å². The number of nitrogens with one attached hydrogen (secondary N) is 1. The smallest absolute Gasteiger partial charge is 0.329 e. The summed E-state index contributed by atoms with van der Waals surface area (Å²) in [5.74, 6) is -0.974. The average molecular weight is 286 g/mol. The second-order valence-corrected chi connectivity index (χ2v) is 4.89. The summed E-state index contributed by atoms with van der Waals surface area (Å²) in [5, 5.41) is 15.5. The van der Waals surface area contributed by atoms with Crippen LogP contribution in [-0.4, -0.2) is 57.4 Å². The molecule has 0 aliphatic carbocycles. The van der Waals surface area contributed by atoms with E-state index in [1.807, 2.05) is 0 Å². The number of carboxylic acid groups (broad SMARTS) is 1. The summed E-state index contributed by atoms with van der Waals surface area (Å²) in [6.45, 7) is 0.800. The molecule has 1 fully saturated rings. The molecule has 19 heavy (non-hydrogen) atoms. The van der Waals surface area contributed by atoms with E-state index in [9.17, 15) is 9.59 Å². The minimum absolute atomic E-state index is 0.0924. The molecule has 104 valence electrons. The minimum Gasteiger partial charge on any atom is -0.480 e. The molecule has 8 nitrogen and oxygen atoms in total. The summed E-state index contributed by atoms with van der Waals surface area (Å²) in [4.78, 5) is 23.9. The monoisotopic (exact) mass is 286 g/mol. The van der Waals surface area contributed by atoms with Crippen molar-refractivity contribution in [1.29, 1.82) is 0 Å². The summed E-state index contributed by atoms with van der Waals surface area (Å²) in [5.41, 5.74) is 0. The lowest BCUT2D eigenvalue weighted by molar-refractivity contribution is -0.145. The lowest BCUT2D eigenvalue weighted by Gasteiger charge is -2.31. The Kier molecular flexibility index (Phi) is 4.63. The van der Waals surface area contributed by atoms with Gasteiger partial charge >= 0.3 is 12.0 Å². The first-order valence-corrected chi connectivity index (χ1v) is 6.59. The van der Waals surface area contributed by atoms with Gasteiger partial charge in [0.15, 0.2) is 0 Å². The van der Waals surface area contributed by atoms with Crippen LogP contribution in [0.5, 0.6) is 0 Å². The van der Waals surface area contributed by atoms with Crippen molar-refractivity contribution in [2.45, 2.75) is 18.9 Å². The highest BCUT2D eigenvalue weighted by Crippen LogP contribution is 2.16. The van der Waals surface area contributed by atoms with E-state index in [0.717, 1.165) is 11.5 Å². The first kappa shape index (κ1) is 13.7. The third-order valence-electron chi connectivity index (χ3n) is 2.76. The highest BCUT2D eigenvalue weighted by atomic mass is 32.1. The van der Waals surface area contributed by atoms with Gasteiger partial charge in [0.1, 0.15) is 11.6 Å². The molecule has 0 atom stereocenters. The van der Waals surface area contributed by atoms with Crippen molar-refractivity contribution in [2.24, 2.45) is 0 Å². The molecule has 0 radical (unpaired) electrons. The standard InChI is InChI=1S/C10H14N4O4S/c15-9(16)6-18-7-1-3-14(4-2-7)10(17)12-8-5-11-13-19-8/h5,7H,1-4,6H2,(H,12,17)(H,15,16). The van der Waals surface area contributed by atoms with Gasteiger partial charge in [-0.2, -0.15) is 0 Å². The molecular weight excluding hydrogens is 272 g/mol. The second-order valence-electron chi connectivity index (χ2n) is 4.10. The fourth-order valence-corrected chi connectivity index (χ4v) is 2.23. The maximum atomic E-state index is 11.9. The second kappa shape index (κ2) is 6.43. The fourth-order valence-electron chi connectivity index (χ4n) is 1.82. The van der Waals surface area contributed by atoms with Crippen LogP contribution in [0.25, 0.3) is 0 Å². The number of hydrogen-bond donors (Lipinski definition) is 2. The van der Waals surface area contributed by atoms with Crippen LogP contribution in [0.3, 0.4) is 0 Å². The Labute approximate surface area is 113 Å². The van der Waals surface area contributed by atoms with E-state index in [2.05, 4.69) is 14.9 Å². The van der Waals surface area contributed by atoms with Crippen molar-refractivity contribution in [3.05, 3.63) is 6.20 Å². The van der Waals surface area contributed by atoms with Gasteiger partial charge in [-0.15, -0.1) is 5.10 Å². The molecule has 2 heterocycles. The summed E-state index contributed by atoms with van der Waals surface area (Å²) in [7, 11) is 0. The number of aliphatic carboxylic acids is 1. The summed E-state index contributed by atoms with van der Waals surface area (Å²) in [6, 6.07) is -0.192. The molecule has 2 N–H and O–H groups in total. The fraction of sp³-hybridized carbons (Fsp3) is 0.600. The predicted molar refractivity (Wildman–Crippen MR) is 67.1 cm³/mol. The van der Waals surface area contributed by atoms with Gasteiger partial charge in [-0.25, -0.2) is 9.59 Å². The Morgan fingerprint density at radius 3 is 2.84 bits per heavy atom. The maximum Gasteiger partial charge on any atom is 0.329 e. The third kappa shape index (κ3) is 4.14. The van der Waals surface area contributed by atoms with Gasteiger partial charge in [0, 0.05) is 24.6 Å². The lowest BCUT2D eigenvalue weighted by atomic mass is 10.1. The van der Waals surface area contributed by atoms with Crippen molar-refractivity contribution in [1.82, 2.24) is 14.5 Å². The number of piperidine rings is 1. The molecule has 1 aromatic rings. The number of carboxylic acids is 1. The number of carbonyl (C=O) groups is 2. The summed E-state index contributed by atoms with van der Waals surface area (Å²) >= 11 is 1.12. The van der Waals surface area contributed by atoms with Crippen LogP contribution in [-0.2, 0) is 9.53 Å². The molecule has 1 aromatic heterocycles. The zero-order valence-electron chi connectivity index (χ0n) is 10.1. The van der Waals surface area contributed by atoms with Crippen LogP contribution >= 0.6 is 11.5 Å². The molecule has 1 saturated heterocycles. The van der Waals surface area contributed by atoms with E-state index in [1.54, 1.807) is 4.90 Å². The Morgan fingerprint density at radius 1 is 1.53 bits per heavy atom. The van der Waals surface area contributed by atoms with Gasteiger partial charge in [0.2, 0.25) is 0 Å². The Bertz CT molecular complexity index is 431. The van der Waals surface area contributed by atoms with Gasteiger partial charge in [0.05, 0.1) is 12.3 Å². The molecule has 1 aliphatic rings. The molecule has 0 saturated carbocycles. The molecule has 2 amide bonds. The minimum atomic E-state index is -0.974. The zero-order chi connectivity index (χ0) is 13.7. The van der Waals surface area contributed by atoms with Crippen LogP contribution < -0.4 is 5.32 Å². The van der Waals surface area contributed by atoms with E-state index < -0.39 is 5.97 Å². The number of likely N-dealkylation sites (tertiary alicyclic amines) is 1. The van der Waals surface area contributed by atoms with Crippen LogP contribution in [0.15, 0.2) is 6.20 Å². The lowest BCUT2D eigenvalue weighted by Crippen LogP contribution is -2.43. The largest absolute Gasteiger partial charge is 0.480 e. The molecular formula is C10H14N4O4S. The van der Waals surface area contributed by atoms with Gasteiger partial charge < -0.3 is 14.7 Å². The Balaban J connectivity index is 1.73. The molecule has 0 bridgehead atoms. The van der Waals surface area contributed by atoms with Crippen LogP contribution in [0, 0.1) is 0 Å². The number of nitrogens with zero attached hydrogens (tertiary/aromatic N) is 3. The first-order valence-electron chi connectivity index (χ1n) is 5.82. The number of carbonyl (C=O) groups excluding carboxylic acids is 1. The average Bonchev–Trinajstić information content (AvgIpc) is 2.89. The van der Waals surface area contributed by atoms with Crippen molar-refractivity contribution in [2.75, 3.05) is 25.0 Å². The Hall–Kier alpha value is -1.74. The van der Waals surface area contributed by atoms with Crippen LogP contribution in [0.4, 0.5) is 9.80 Å². The number of ether oxygens (including phenoxy) is 1. The number of anilines is 1. The summed E-state index contributed by atoms with van der Waals surface area (Å²) < 4.78 is 8.86. The highest BCUT2D eigenvalue weighted by molar-refractivity contribution is 7.10. The van der Waals surface area contributed by atoms with E-state index in [0.29, 0.717) is 30.9 Å². The van der Waals surface area contributed by atoms with Crippen molar-refractivity contribution in [3.8, 4) is 0 Å². The molecule has 1 aliphatic heterocycles. The number of urea groups is 1. The van der Waals surface area contributed by atoms with Crippen LogP contribution in [0.1, 0.15) is 12.8 Å². The summed E-state index contributed by atoms with van der Waals surface area (Å²) in [6.07, 6.45) is 2.68. The van der Waals surface area contributed by atoms with E-state index in [-0.39, 0.29) is 18.7 Å². The van der Waals surface area contributed by atoms with E-state index >= 15 is 0 Å². The molecule has 0 aromatic carbocycles. The first-order chi connectivity index (χ1) is 9.15. The molecule has 2 rings (SSSR count). The normalized spacial score (nSPS) is 16.3. The van der Waals surface area contributed by atoms with E-state index in [1.165, 1.54) is 6.20 Å². The van der Waals surface area contributed by atoms with Gasteiger partial charge in [-0.3, -0.25) is 5.32 Å². The topological polar surface area (TPSA) is 105 Å². The van der Waals surface area contributed by atoms with Crippen molar-refractivity contribution in [3.63, 3.8) is 0 Å². The third-order valence-corrected chi connectivity index (χ3v) is 3.34. The van der Waals surface area contributed by atoms with Gasteiger partial charge in [-0.05, 0) is 12.8 Å². The maximum absolute atomic E-state index is 11.9. The van der Waals surface area contributed by atoms with Gasteiger partial charge in [0.25, 0.3) is 0 Å². The number of rotatable bonds is 4. The van der Waals surface area contributed by atoms with Crippen molar-refractivity contribution < 1.29 is 19.4 Å². The number of amides is 2. The van der Waals surface area contributed by atoms with Crippen LogP contribution in [0.2, 0.25) is 0 Å².